The number of hydrogen-bond acceptors (Lipinski definition) is 3. The lowest BCUT2D eigenvalue weighted by molar-refractivity contribution is 0.0980. The molecule has 1 aromatic heterocycles. The Morgan fingerprint density at radius 1 is 1.16 bits per heavy atom. The number of para-hydroxylation sites is 1. The highest BCUT2D eigenvalue weighted by Crippen LogP contribution is 2.29. The van der Waals surface area contributed by atoms with E-state index in [1.54, 1.807) is 6.20 Å². The Hall–Kier alpha value is -2.36. The number of benzene rings is 1. The van der Waals surface area contributed by atoms with Crippen LogP contribution in [0.1, 0.15) is 42.2 Å². The van der Waals surface area contributed by atoms with Gasteiger partial charge in [0.2, 0.25) is 0 Å². The summed E-state index contributed by atoms with van der Waals surface area (Å²) in [6.45, 7) is 5.19. The zero-order valence-corrected chi connectivity index (χ0v) is 14.8. The highest BCUT2D eigenvalue weighted by Gasteiger charge is 2.25. The number of rotatable bonds is 2. The predicted molar refractivity (Wildman–Crippen MR) is 101 cm³/mol. The fourth-order valence-corrected chi connectivity index (χ4v) is 4.04. The molecule has 1 unspecified atom stereocenters. The molecule has 4 rings (SSSR count). The number of carbonyl (C=O) groups is 1. The fourth-order valence-electron chi connectivity index (χ4n) is 4.04. The first-order chi connectivity index (χ1) is 12.2. The second-order valence-corrected chi connectivity index (χ2v) is 7.28. The summed E-state index contributed by atoms with van der Waals surface area (Å²) in [6.07, 6.45) is 6.33. The van der Waals surface area contributed by atoms with Crippen molar-refractivity contribution in [1.29, 1.82) is 0 Å². The maximum Gasteiger partial charge on any atom is 0.276 e. The van der Waals surface area contributed by atoms with E-state index >= 15 is 0 Å². The number of amides is 1. The Balaban J connectivity index is 1.60. The van der Waals surface area contributed by atoms with E-state index in [9.17, 15) is 4.79 Å². The molecule has 1 aromatic carbocycles. The van der Waals surface area contributed by atoms with Crippen molar-refractivity contribution in [3.63, 3.8) is 0 Å². The molecule has 0 N–H and O–H groups in total. The van der Waals surface area contributed by atoms with Gasteiger partial charge in [0.15, 0.2) is 0 Å². The van der Waals surface area contributed by atoms with Crippen LogP contribution in [0.25, 0.3) is 0 Å². The molecule has 0 spiro atoms. The first kappa shape index (κ1) is 16.1. The van der Waals surface area contributed by atoms with Crippen molar-refractivity contribution < 1.29 is 4.79 Å². The zero-order chi connectivity index (χ0) is 17.2. The lowest BCUT2D eigenvalue weighted by Crippen LogP contribution is -2.37. The van der Waals surface area contributed by atoms with Crippen LogP contribution < -0.4 is 9.80 Å². The molecule has 4 nitrogen and oxygen atoms in total. The molecular weight excluding hydrogens is 310 g/mol. The Morgan fingerprint density at radius 3 is 2.92 bits per heavy atom. The minimum Gasteiger partial charge on any atom is -0.371 e. The first-order valence-electron chi connectivity index (χ1n) is 9.33. The third-order valence-electron chi connectivity index (χ3n) is 5.34. The van der Waals surface area contributed by atoms with Gasteiger partial charge in [-0.2, -0.15) is 0 Å². The molecule has 0 radical (unpaired) electrons. The number of anilines is 2. The van der Waals surface area contributed by atoms with Gasteiger partial charge < -0.3 is 9.80 Å². The van der Waals surface area contributed by atoms with E-state index in [1.165, 1.54) is 18.4 Å². The molecule has 2 aromatic rings. The number of pyridine rings is 1. The molecule has 0 aliphatic carbocycles. The molecule has 1 amide bonds. The third kappa shape index (κ3) is 3.26. The topological polar surface area (TPSA) is 36.4 Å². The van der Waals surface area contributed by atoms with E-state index in [4.69, 9.17) is 0 Å². The molecular formula is C21H25N3O. The highest BCUT2D eigenvalue weighted by molar-refractivity contribution is 6.05. The lowest BCUT2D eigenvalue weighted by atomic mass is 9.99. The second-order valence-electron chi connectivity index (χ2n) is 7.28. The smallest absolute Gasteiger partial charge is 0.276 e. The van der Waals surface area contributed by atoms with Crippen LogP contribution in [-0.4, -0.2) is 30.5 Å². The van der Waals surface area contributed by atoms with Crippen LogP contribution in [0.2, 0.25) is 0 Å². The van der Waals surface area contributed by atoms with Gasteiger partial charge in [-0.3, -0.25) is 9.78 Å². The van der Waals surface area contributed by atoms with Crippen LogP contribution in [0, 0.1) is 5.92 Å². The van der Waals surface area contributed by atoms with E-state index in [0.717, 1.165) is 43.9 Å². The van der Waals surface area contributed by atoms with Crippen LogP contribution in [0.3, 0.4) is 0 Å². The minimum atomic E-state index is 0.0130. The molecule has 2 aliphatic heterocycles. The Labute approximate surface area is 149 Å². The highest BCUT2D eigenvalue weighted by atomic mass is 16.2. The molecule has 1 saturated heterocycles. The monoisotopic (exact) mass is 335 g/mol. The molecule has 0 bridgehead atoms. The maximum atomic E-state index is 13.1. The number of aryl methyl sites for hydroxylation is 1. The number of carbonyl (C=O) groups excluding carboxylic acids is 1. The van der Waals surface area contributed by atoms with E-state index in [1.807, 2.05) is 35.2 Å². The summed E-state index contributed by atoms with van der Waals surface area (Å²) in [7, 11) is 0. The van der Waals surface area contributed by atoms with E-state index in [2.05, 4.69) is 22.9 Å². The van der Waals surface area contributed by atoms with Crippen molar-refractivity contribution in [3.05, 3.63) is 53.9 Å². The zero-order valence-electron chi connectivity index (χ0n) is 14.8. The SMILES string of the molecule is CC1CCCN(c2ccnc(C(=O)N3CCCc4ccccc43)c2)C1. The number of nitrogens with zero attached hydrogens (tertiary/aromatic N) is 3. The summed E-state index contributed by atoms with van der Waals surface area (Å²) >= 11 is 0. The molecule has 1 atom stereocenters. The molecule has 1 fully saturated rings. The van der Waals surface area contributed by atoms with E-state index in [-0.39, 0.29) is 5.91 Å². The van der Waals surface area contributed by atoms with Gasteiger partial charge in [-0.1, -0.05) is 25.1 Å². The maximum absolute atomic E-state index is 13.1. The summed E-state index contributed by atoms with van der Waals surface area (Å²) in [4.78, 5) is 21.8. The van der Waals surface area contributed by atoms with Gasteiger partial charge in [0, 0.05) is 37.2 Å². The van der Waals surface area contributed by atoms with Gasteiger partial charge in [0.1, 0.15) is 5.69 Å². The first-order valence-corrected chi connectivity index (χ1v) is 9.33. The van der Waals surface area contributed by atoms with Crippen LogP contribution in [0.5, 0.6) is 0 Å². The van der Waals surface area contributed by atoms with Gasteiger partial charge in [0.25, 0.3) is 5.91 Å². The number of hydrogen-bond donors (Lipinski definition) is 0. The van der Waals surface area contributed by atoms with Crippen molar-refractivity contribution in [2.75, 3.05) is 29.4 Å². The number of aromatic nitrogens is 1. The van der Waals surface area contributed by atoms with Crippen molar-refractivity contribution >= 4 is 17.3 Å². The summed E-state index contributed by atoms with van der Waals surface area (Å²) in [6, 6.07) is 12.2. The lowest BCUT2D eigenvalue weighted by Gasteiger charge is -2.33. The van der Waals surface area contributed by atoms with Crippen molar-refractivity contribution in [2.45, 2.75) is 32.6 Å². The summed E-state index contributed by atoms with van der Waals surface area (Å²) < 4.78 is 0. The number of fused-ring (bicyclic) bond motifs is 1. The van der Waals surface area contributed by atoms with Crippen LogP contribution in [0.15, 0.2) is 42.6 Å². The van der Waals surface area contributed by atoms with Crippen LogP contribution in [0.4, 0.5) is 11.4 Å². The second kappa shape index (κ2) is 6.87. The molecule has 25 heavy (non-hydrogen) atoms. The van der Waals surface area contributed by atoms with Gasteiger partial charge in [-0.15, -0.1) is 0 Å². The minimum absolute atomic E-state index is 0.0130. The van der Waals surface area contributed by atoms with E-state index < -0.39 is 0 Å². The quantitative estimate of drug-likeness (QED) is 0.835. The van der Waals surface area contributed by atoms with Crippen molar-refractivity contribution in [1.82, 2.24) is 4.98 Å². The summed E-state index contributed by atoms with van der Waals surface area (Å²) in [5, 5.41) is 0. The average Bonchev–Trinajstić information content (AvgIpc) is 2.67. The fraction of sp³-hybridized carbons (Fsp3) is 0.429. The summed E-state index contributed by atoms with van der Waals surface area (Å²) in [5.41, 5.74) is 3.96. The molecule has 2 aliphatic rings. The molecule has 4 heteroatoms. The Morgan fingerprint density at radius 2 is 2.04 bits per heavy atom. The number of piperidine rings is 1. The van der Waals surface area contributed by atoms with Gasteiger partial charge >= 0.3 is 0 Å². The normalized spacial score (nSPS) is 20.3. The summed E-state index contributed by atoms with van der Waals surface area (Å²) in [5.74, 6) is 0.717. The largest absolute Gasteiger partial charge is 0.371 e. The molecule has 0 saturated carbocycles. The van der Waals surface area contributed by atoms with Crippen LogP contribution in [-0.2, 0) is 6.42 Å². The Bertz CT molecular complexity index is 773. The van der Waals surface area contributed by atoms with Gasteiger partial charge in [-0.05, 0) is 55.4 Å². The van der Waals surface area contributed by atoms with Gasteiger partial charge in [-0.25, -0.2) is 0 Å². The average molecular weight is 335 g/mol. The Kier molecular flexibility index (Phi) is 4.43. The van der Waals surface area contributed by atoms with Crippen molar-refractivity contribution in [2.24, 2.45) is 5.92 Å². The third-order valence-corrected chi connectivity index (χ3v) is 5.34. The van der Waals surface area contributed by atoms with E-state index in [0.29, 0.717) is 11.6 Å². The molecule has 130 valence electrons. The van der Waals surface area contributed by atoms with Crippen molar-refractivity contribution in [3.8, 4) is 0 Å². The standard InChI is InChI=1S/C21H25N3O/c1-16-6-4-12-23(15-16)18-10-11-22-19(14-18)21(25)24-13-5-8-17-7-2-3-9-20(17)24/h2-3,7,9-11,14,16H,4-6,8,12-13,15H2,1H3. The predicted octanol–water partition coefficient (Wildman–Crippen LogP) is 3.91. The molecule has 3 heterocycles. The van der Waals surface area contributed by atoms with Crippen LogP contribution >= 0.6 is 0 Å². The van der Waals surface area contributed by atoms with Gasteiger partial charge in [0.05, 0.1) is 0 Å².